The summed E-state index contributed by atoms with van der Waals surface area (Å²) in [7, 11) is 0. The molecule has 14 heavy (non-hydrogen) atoms. The van der Waals surface area contributed by atoms with Gasteiger partial charge in [-0.05, 0) is 28.4 Å². The first kappa shape index (κ1) is 11.1. The summed E-state index contributed by atoms with van der Waals surface area (Å²) in [6, 6.07) is 4.68. The number of halogens is 1. The molecule has 1 N–H and O–H groups in total. The largest absolute Gasteiger partial charge is 0.396 e. The van der Waals surface area contributed by atoms with E-state index in [1.54, 1.807) is 12.1 Å². The van der Waals surface area contributed by atoms with Crippen molar-refractivity contribution in [2.24, 2.45) is 0 Å². The lowest BCUT2D eigenvalue weighted by Crippen LogP contribution is -2.02. The zero-order valence-corrected chi connectivity index (χ0v) is 8.90. The Morgan fingerprint density at radius 2 is 2.29 bits per heavy atom. The molecule has 75 valence electrons. The van der Waals surface area contributed by atoms with Gasteiger partial charge in [0.05, 0.1) is 9.40 Å². The van der Waals surface area contributed by atoms with Crippen LogP contribution < -0.4 is 0 Å². The molecule has 1 aromatic rings. The van der Waals surface area contributed by atoms with E-state index in [0.29, 0.717) is 10.0 Å². The Kier molecular flexibility index (Phi) is 3.60. The molecule has 0 amide bonds. The van der Waals surface area contributed by atoms with Crippen LogP contribution in [0, 0.1) is 17.0 Å². The van der Waals surface area contributed by atoms with Crippen molar-refractivity contribution in [1.29, 1.82) is 0 Å². The van der Waals surface area contributed by atoms with Crippen molar-refractivity contribution < 1.29 is 10.0 Å². The smallest absolute Gasteiger partial charge is 0.283 e. The maximum absolute atomic E-state index is 10.6. The molecule has 1 radical (unpaired) electrons. The normalized spacial score (nSPS) is 12.5. The standard InChI is InChI=1S/C9H9BrNO3/c1-6(5-12)7-3-2-4-8(9(7)10)11(13)14/h2-4,6,12H,1,5H2. The Morgan fingerprint density at radius 1 is 1.64 bits per heavy atom. The summed E-state index contributed by atoms with van der Waals surface area (Å²) in [6.45, 7) is 3.55. The van der Waals surface area contributed by atoms with Crippen LogP contribution in [0.1, 0.15) is 11.5 Å². The molecular formula is C9H9BrNO3. The molecule has 0 fully saturated rings. The zero-order chi connectivity index (χ0) is 10.7. The lowest BCUT2D eigenvalue weighted by Gasteiger charge is -2.09. The molecule has 1 atom stereocenters. The monoisotopic (exact) mass is 258 g/mol. The van der Waals surface area contributed by atoms with Gasteiger partial charge >= 0.3 is 0 Å². The Labute approximate surface area is 89.8 Å². The maximum atomic E-state index is 10.6. The van der Waals surface area contributed by atoms with E-state index in [9.17, 15) is 10.1 Å². The lowest BCUT2D eigenvalue weighted by molar-refractivity contribution is -0.385. The average Bonchev–Trinajstić information content (AvgIpc) is 2.16. The van der Waals surface area contributed by atoms with Crippen molar-refractivity contribution in [1.82, 2.24) is 0 Å². The summed E-state index contributed by atoms with van der Waals surface area (Å²) >= 11 is 3.13. The van der Waals surface area contributed by atoms with Gasteiger partial charge in [-0.15, -0.1) is 0 Å². The highest BCUT2D eigenvalue weighted by Gasteiger charge is 2.17. The Hall–Kier alpha value is -0.940. The second kappa shape index (κ2) is 4.52. The van der Waals surface area contributed by atoms with Gasteiger partial charge in [0.1, 0.15) is 0 Å². The molecule has 0 bridgehead atoms. The molecule has 0 aliphatic heterocycles. The Balaban J connectivity index is 3.20. The molecule has 0 heterocycles. The van der Waals surface area contributed by atoms with Crippen molar-refractivity contribution in [3.05, 3.63) is 45.3 Å². The third-order valence-corrected chi connectivity index (χ3v) is 2.73. The molecule has 0 aromatic heterocycles. The van der Waals surface area contributed by atoms with Crippen molar-refractivity contribution >= 4 is 21.6 Å². The molecule has 1 unspecified atom stereocenters. The van der Waals surface area contributed by atoms with Crippen molar-refractivity contribution in [3.8, 4) is 0 Å². The average molecular weight is 259 g/mol. The minimum absolute atomic E-state index is 0.00963. The van der Waals surface area contributed by atoms with Crippen LogP contribution in [0.5, 0.6) is 0 Å². The van der Waals surface area contributed by atoms with E-state index in [1.807, 2.05) is 0 Å². The number of hydrogen-bond acceptors (Lipinski definition) is 3. The number of nitrogens with zero attached hydrogens (tertiary/aromatic N) is 1. The number of nitro groups is 1. The van der Waals surface area contributed by atoms with Crippen LogP contribution in [-0.2, 0) is 0 Å². The molecule has 0 saturated carbocycles. The highest BCUT2D eigenvalue weighted by molar-refractivity contribution is 9.10. The van der Waals surface area contributed by atoms with E-state index in [4.69, 9.17) is 5.11 Å². The van der Waals surface area contributed by atoms with Gasteiger partial charge in [-0.2, -0.15) is 0 Å². The summed E-state index contributed by atoms with van der Waals surface area (Å²) in [6.07, 6.45) is 0. The summed E-state index contributed by atoms with van der Waals surface area (Å²) in [4.78, 5) is 10.1. The van der Waals surface area contributed by atoms with E-state index in [0.717, 1.165) is 0 Å². The van der Waals surface area contributed by atoms with Crippen molar-refractivity contribution in [2.45, 2.75) is 5.92 Å². The van der Waals surface area contributed by atoms with Gasteiger partial charge in [0.25, 0.3) is 5.69 Å². The van der Waals surface area contributed by atoms with Crippen LogP contribution in [0.25, 0.3) is 0 Å². The number of nitro benzene ring substituents is 1. The highest BCUT2D eigenvalue weighted by Crippen LogP contribution is 2.32. The predicted molar refractivity (Wildman–Crippen MR) is 56.0 cm³/mol. The first-order valence-electron chi connectivity index (χ1n) is 3.94. The second-order valence-corrected chi connectivity index (χ2v) is 3.61. The highest BCUT2D eigenvalue weighted by atomic mass is 79.9. The van der Waals surface area contributed by atoms with Crippen LogP contribution >= 0.6 is 15.9 Å². The van der Waals surface area contributed by atoms with Gasteiger partial charge in [-0.25, -0.2) is 0 Å². The fourth-order valence-electron chi connectivity index (χ4n) is 1.09. The summed E-state index contributed by atoms with van der Waals surface area (Å²) in [5.74, 6) is -0.357. The fraction of sp³-hybridized carbons (Fsp3) is 0.222. The quantitative estimate of drug-likeness (QED) is 0.668. The number of rotatable bonds is 3. The molecule has 4 nitrogen and oxygen atoms in total. The first-order valence-corrected chi connectivity index (χ1v) is 4.74. The summed E-state index contributed by atoms with van der Waals surface area (Å²) in [5, 5.41) is 19.5. The van der Waals surface area contributed by atoms with E-state index in [-0.39, 0.29) is 18.2 Å². The lowest BCUT2D eigenvalue weighted by atomic mass is 10.0. The van der Waals surface area contributed by atoms with Crippen LogP contribution in [0.3, 0.4) is 0 Å². The van der Waals surface area contributed by atoms with Crippen molar-refractivity contribution in [3.63, 3.8) is 0 Å². The van der Waals surface area contributed by atoms with E-state index in [2.05, 4.69) is 22.9 Å². The molecule has 0 aliphatic rings. The summed E-state index contributed by atoms with van der Waals surface area (Å²) < 4.78 is 0.388. The molecule has 0 saturated heterocycles. The Bertz CT molecular complexity index is 354. The SMILES string of the molecule is [CH2]C(CO)c1cccc([N+](=O)[O-])c1Br. The third kappa shape index (κ3) is 2.10. The van der Waals surface area contributed by atoms with Gasteiger partial charge in [0.15, 0.2) is 0 Å². The van der Waals surface area contributed by atoms with Crippen LogP contribution in [0.4, 0.5) is 5.69 Å². The zero-order valence-electron chi connectivity index (χ0n) is 7.31. The minimum Gasteiger partial charge on any atom is -0.396 e. The van der Waals surface area contributed by atoms with Gasteiger partial charge < -0.3 is 5.11 Å². The summed E-state index contributed by atoms with van der Waals surface area (Å²) in [5.41, 5.74) is 0.631. The molecule has 5 heteroatoms. The number of aliphatic hydroxyl groups is 1. The molecule has 0 aliphatic carbocycles. The number of benzene rings is 1. The maximum Gasteiger partial charge on any atom is 0.283 e. The number of hydrogen-bond donors (Lipinski definition) is 1. The third-order valence-electron chi connectivity index (χ3n) is 1.87. The van der Waals surface area contributed by atoms with E-state index in [1.165, 1.54) is 6.07 Å². The van der Waals surface area contributed by atoms with Gasteiger partial charge in [0, 0.05) is 18.6 Å². The number of aliphatic hydroxyl groups excluding tert-OH is 1. The molecule has 0 spiro atoms. The van der Waals surface area contributed by atoms with Crippen LogP contribution in [-0.4, -0.2) is 16.6 Å². The fourth-order valence-corrected chi connectivity index (χ4v) is 1.82. The van der Waals surface area contributed by atoms with E-state index < -0.39 is 4.92 Å². The molecule has 1 rings (SSSR count). The Morgan fingerprint density at radius 3 is 2.79 bits per heavy atom. The predicted octanol–water partition coefficient (Wildman–Crippen LogP) is 2.27. The first-order chi connectivity index (χ1) is 6.57. The van der Waals surface area contributed by atoms with Gasteiger partial charge in [-0.1, -0.05) is 12.1 Å². The van der Waals surface area contributed by atoms with Crippen LogP contribution in [0.2, 0.25) is 0 Å². The topological polar surface area (TPSA) is 63.4 Å². The molecular weight excluding hydrogens is 250 g/mol. The van der Waals surface area contributed by atoms with Gasteiger partial charge in [-0.3, -0.25) is 10.1 Å². The van der Waals surface area contributed by atoms with Crippen LogP contribution in [0.15, 0.2) is 22.7 Å². The van der Waals surface area contributed by atoms with Gasteiger partial charge in [0.2, 0.25) is 0 Å². The second-order valence-electron chi connectivity index (χ2n) is 2.82. The minimum atomic E-state index is -0.475. The van der Waals surface area contributed by atoms with Crippen molar-refractivity contribution in [2.75, 3.05) is 6.61 Å². The molecule has 1 aromatic carbocycles. The van der Waals surface area contributed by atoms with E-state index >= 15 is 0 Å².